The Hall–Kier alpha value is -5.16. The van der Waals surface area contributed by atoms with Gasteiger partial charge in [-0.25, -0.2) is 0 Å². The largest absolute Gasteiger partial charge is 0.489 e. The first-order chi connectivity index (χ1) is 17.0. The molecule has 3 aromatic carbocycles. The normalized spacial score (nSPS) is 10.9. The Labute approximate surface area is 200 Å². The first kappa shape index (κ1) is 23.0. The highest BCUT2D eigenvalue weighted by Crippen LogP contribution is 2.26. The second kappa shape index (κ2) is 10.6. The predicted octanol–water partition coefficient (Wildman–Crippen LogP) is 5.98. The van der Waals surface area contributed by atoms with Crippen molar-refractivity contribution in [3.05, 3.63) is 118 Å². The van der Waals surface area contributed by atoms with Gasteiger partial charge in [0.1, 0.15) is 35.5 Å². The summed E-state index contributed by atoms with van der Waals surface area (Å²) >= 11 is 0. The van der Waals surface area contributed by atoms with E-state index >= 15 is 0 Å². The average Bonchev–Trinajstić information content (AvgIpc) is 3.36. The summed E-state index contributed by atoms with van der Waals surface area (Å²) in [6, 6.07) is 27.6. The van der Waals surface area contributed by atoms with Crippen LogP contribution in [0.5, 0.6) is 5.75 Å². The topological polar surface area (TPSA) is 118 Å². The first-order valence-electron chi connectivity index (χ1n) is 10.6. The summed E-state index contributed by atoms with van der Waals surface area (Å²) in [6.07, 6.45) is 1.33. The molecule has 4 aromatic rings. The number of nitro groups is 1. The molecule has 0 saturated carbocycles. The lowest BCUT2D eigenvalue weighted by Crippen LogP contribution is -2.13. The van der Waals surface area contributed by atoms with Crippen LogP contribution in [0.25, 0.3) is 17.4 Å². The number of nitriles is 1. The highest BCUT2D eigenvalue weighted by molar-refractivity contribution is 6.09. The van der Waals surface area contributed by atoms with Crippen LogP contribution in [0.15, 0.2) is 101 Å². The van der Waals surface area contributed by atoms with E-state index in [0.717, 1.165) is 5.56 Å². The summed E-state index contributed by atoms with van der Waals surface area (Å²) in [5.41, 5.74) is 2.02. The summed E-state index contributed by atoms with van der Waals surface area (Å²) in [6.45, 7) is 0.429. The Morgan fingerprint density at radius 3 is 2.37 bits per heavy atom. The van der Waals surface area contributed by atoms with E-state index in [-0.39, 0.29) is 11.3 Å². The predicted molar refractivity (Wildman–Crippen MR) is 130 cm³/mol. The minimum atomic E-state index is -0.585. The molecule has 8 heteroatoms. The van der Waals surface area contributed by atoms with Crippen molar-refractivity contribution in [1.82, 2.24) is 0 Å². The smallest absolute Gasteiger partial charge is 0.269 e. The molecule has 0 aliphatic heterocycles. The van der Waals surface area contributed by atoms with Gasteiger partial charge in [0.15, 0.2) is 0 Å². The Morgan fingerprint density at radius 2 is 1.71 bits per heavy atom. The second-order valence-electron chi connectivity index (χ2n) is 7.43. The molecule has 0 unspecified atom stereocenters. The van der Waals surface area contributed by atoms with Crippen molar-refractivity contribution in [2.45, 2.75) is 6.61 Å². The number of furan rings is 1. The van der Waals surface area contributed by atoms with Gasteiger partial charge in [0, 0.05) is 29.5 Å². The Bertz CT molecular complexity index is 1400. The van der Waals surface area contributed by atoms with Crippen LogP contribution in [-0.2, 0) is 11.4 Å². The van der Waals surface area contributed by atoms with Gasteiger partial charge in [0.25, 0.3) is 11.6 Å². The molecular weight excluding hydrogens is 446 g/mol. The van der Waals surface area contributed by atoms with Crippen molar-refractivity contribution in [2.75, 3.05) is 5.32 Å². The van der Waals surface area contributed by atoms with Crippen molar-refractivity contribution >= 4 is 23.4 Å². The van der Waals surface area contributed by atoms with Crippen molar-refractivity contribution in [1.29, 1.82) is 5.26 Å². The molecule has 1 aromatic heterocycles. The molecule has 172 valence electrons. The van der Waals surface area contributed by atoms with Gasteiger partial charge in [-0.15, -0.1) is 0 Å². The molecule has 35 heavy (non-hydrogen) atoms. The molecule has 1 amide bonds. The van der Waals surface area contributed by atoms with E-state index in [2.05, 4.69) is 5.32 Å². The third kappa shape index (κ3) is 6.00. The number of nitrogens with zero attached hydrogens (tertiary/aromatic N) is 2. The molecule has 8 nitrogen and oxygen atoms in total. The number of amides is 1. The van der Waals surface area contributed by atoms with Gasteiger partial charge in [-0.05, 0) is 54.1 Å². The SMILES string of the molecule is N#C/C(=C\c1ccc(-c2ccc([N+](=O)[O-])cc2)o1)C(=O)Nc1ccc(OCc2ccccc2)cc1. The van der Waals surface area contributed by atoms with Crippen LogP contribution in [0, 0.1) is 21.4 Å². The molecule has 1 heterocycles. The zero-order valence-corrected chi connectivity index (χ0v) is 18.4. The molecule has 0 bridgehead atoms. The maximum Gasteiger partial charge on any atom is 0.269 e. The van der Waals surface area contributed by atoms with Crippen molar-refractivity contribution in [3.8, 4) is 23.1 Å². The highest BCUT2D eigenvalue weighted by atomic mass is 16.6. The summed E-state index contributed by atoms with van der Waals surface area (Å²) in [5, 5.41) is 22.9. The Balaban J connectivity index is 1.39. The number of carbonyl (C=O) groups excluding carboxylic acids is 1. The van der Waals surface area contributed by atoms with Crippen LogP contribution in [0.2, 0.25) is 0 Å². The number of rotatable bonds is 8. The number of hydrogen-bond donors (Lipinski definition) is 1. The van der Waals surface area contributed by atoms with Gasteiger partial charge in [0.2, 0.25) is 0 Å². The van der Waals surface area contributed by atoms with Crippen molar-refractivity contribution in [3.63, 3.8) is 0 Å². The number of nitro benzene ring substituents is 1. The summed E-state index contributed by atoms with van der Waals surface area (Å²) < 4.78 is 11.4. The van der Waals surface area contributed by atoms with Gasteiger partial charge in [-0.1, -0.05) is 30.3 Å². The van der Waals surface area contributed by atoms with Crippen LogP contribution in [-0.4, -0.2) is 10.8 Å². The highest BCUT2D eigenvalue weighted by Gasteiger charge is 2.12. The molecule has 0 aliphatic carbocycles. The van der Waals surface area contributed by atoms with Gasteiger partial charge >= 0.3 is 0 Å². The third-order valence-electron chi connectivity index (χ3n) is 5.00. The fourth-order valence-electron chi connectivity index (χ4n) is 3.20. The number of carbonyl (C=O) groups is 1. The fraction of sp³-hybridized carbons (Fsp3) is 0.0370. The monoisotopic (exact) mass is 465 g/mol. The van der Waals surface area contributed by atoms with E-state index in [9.17, 15) is 20.2 Å². The molecular formula is C27H19N3O5. The van der Waals surface area contributed by atoms with Crippen LogP contribution in [0.1, 0.15) is 11.3 Å². The first-order valence-corrected chi connectivity index (χ1v) is 10.6. The van der Waals surface area contributed by atoms with Gasteiger partial charge in [0.05, 0.1) is 4.92 Å². The lowest BCUT2D eigenvalue weighted by molar-refractivity contribution is -0.384. The molecule has 4 rings (SSSR count). The Morgan fingerprint density at radius 1 is 1.00 bits per heavy atom. The standard InChI is InChI=1S/C27H19N3O5/c28-17-21(16-25-14-15-26(35-25)20-6-10-23(11-7-20)30(32)33)27(31)29-22-8-12-24(13-9-22)34-18-19-4-2-1-3-5-19/h1-16H,18H2,(H,29,31)/b21-16+. The van der Waals surface area contributed by atoms with Crippen LogP contribution in [0.4, 0.5) is 11.4 Å². The zero-order valence-electron chi connectivity index (χ0n) is 18.4. The maximum absolute atomic E-state index is 12.6. The number of ether oxygens (including phenoxy) is 1. The lowest BCUT2D eigenvalue weighted by atomic mass is 10.1. The van der Waals surface area contributed by atoms with E-state index in [4.69, 9.17) is 9.15 Å². The molecule has 0 radical (unpaired) electrons. The molecule has 0 saturated heterocycles. The molecule has 0 atom stereocenters. The number of nitrogens with one attached hydrogen (secondary N) is 1. The number of benzene rings is 3. The number of hydrogen-bond acceptors (Lipinski definition) is 6. The quantitative estimate of drug-likeness (QED) is 0.148. The summed E-state index contributed by atoms with van der Waals surface area (Å²) in [4.78, 5) is 22.9. The van der Waals surface area contributed by atoms with Crippen LogP contribution in [0.3, 0.4) is 0 Å². The Kier molecular flexibility index (Phi) is 6.99. The van der Waals surface area contributed by atoms with Crippen molar-refractivity contribution in [2.24, 2.45) is 0 Å². The number of non-ortho nitro benzene ring substituents is 1. The average molecular weight is 465 g/mol. The van der Waals surface area contributed by atoms with E-state index < -0.39 is 10.8 Å². The number of anilines is 1. The van der Waals surface area contributed by atoms with Crippen LogP contribution >= 0.6 is 0 Å². The summed E-state index contributed by atoms with van der Waals surface area (Å²) in [7, 11) is 0. The van der Waals surface area contributed by atoms with E-state index in [1.807, 2.05) is 36.4 Å². The van der Waals surface area contributed by atoms with Gasteiger partial charge < -0.3 is 14.5 Å². The lowest BCUT2D eigenvalue weighted by Gasteiger charge is -2.08. The van der Waals surface area contributed by atoms with E-state index in [1.54, 1.807) is 48.5 Å². The molecule has 1 N–H and O–H groups in total. The minimum Gasteiger partial charge on any atom is -0.489 e. The fourth-order valence-corrected chi connectivity index (χ4v) is 3.20. The van der Waals surface area contributed by atoms with Gasteiger partial charge in [-0.2, -0.15) is 5.26 Å². The second-order valence-corrected chi connectivity index (χ2v) is 7.43. The third-order valence-corrected chi connectivity index (χ3v) is 5.00. The molecule has 0 spiro atoms. The van der Waals surface area contributed by atoms with Gasteiger partial charge in [-0.3, -0.25) is 14.9 Å². The molecule has 0 aliphatic rings. The molecule has 0 fully saturated rings. The summed E-state index contributed by atoms with van der Waals surface area (Å²) in [5.74, 6) is 0.820. The van der Waals surface area contributed by atoms with Crippen molar-refractivity contribution < 1.29 is 18.9 Å². The van der Waals surface area contributed by atoms with E-state index in [1.165, 1.54) is 18.2 Å². The minimum absolute atomic E-state index is 0.0281. The zero-order chi connectivity index (χ0) is 24.6. The van der Waals surface area contributed by atoms with E-state index in [0.29, 0.717) is 35.1 Å². The van der Waals surface area contributed by atoms with Crippen LogP contribution < -0.4 is 10.1 Å². The maximum atomic E-state index is 12.6.